The van der Waals surface area contributed by atoms with Crippen LogP contribution in [0, 0.1) is 0 Å². The molecule has 0 aliphatic carbocycles. The van der Waals surface area contributed by atoms with Gasteiger partial charge in [-0.1, -0.05) is 35.9 Å². The average Bonchev–Trinajstić information content (AvgIpc) is 2.69. The van der Waals surface area contributed by atoms with Crippen LogP contribution in [0.15, 0.2) is 78.0 Å². The van der Waals surface area contributed by atoms with Crippen molar-refractivity contribution in [1.82, 2.24) is 10.4 Å². The maximum Gasteiger partial charge on any atom is 0.271 e. The molecule has 0 fully saturated rings. The van der Waals surface area contributed by atoms with E-state index in [1.807, 2.05) is 6.07 Å². The summed E-state index contributed by atoms with van der Waals surface area (Å²) in [5.74, 6) is -0.762. The first-order valence-electron chi connectivity index (χ1n) is 8.04. The molecule has 0 aliphatic heterocycles. The molecular weight excluding hydrogens is 364 g/mol. The Morgan fingerprint density at radius 3 is 2.56 bits per heavy atom. The predicted octanol–water partition coefficient (Wildman–Crippen LogP) is 3.75. The highest BCUT2D eigenvalue weighted by atomic mass is 35.5. The zero-order valence-electron chi connectivity index (χ0n) is 14.1. The lowest BCUT2D eigenvalue weighted by Gasteiger charge is -2.08. The quantitative estimate of drug-likeness (QED) is 0.524. The minimum absolute atomic E-state index is 0.352. The standard InChI is InChI=1S/C20H15ClN4O2/c21-18-10-2-1-9-17(18)20(27)24-15-8-5-6-14(12-15)19(26)25-23-13-16-7-3-4-11-22-16/h1-13H,(H,24,27)(H,25,26)/b23-13-. The number of benzene rings is 2. The van der Waals surface area contributed by atoms with Gasteiger partial charge in [0.1, 0.15) is 0 Å². The highest BCUT2D eigenvalue weighted by molar-refractivity contribution is 6.34. The first-order chi connectivity index (χ1) is 13.1. The number of hydrogen-bond donors (Lipinski definition) is 2. The molecule has 0 aliphatic rings. The number of halogens is 1. The molecule has 2 amide bonds. The molecule has 1 heterocycles. The zero-order chi connectivity index (χ0) is 19.1. The fourth-order valence-corrected chi connectivity index (χ4v) is 2.48. The molecule has 0 radical (unpaired) electrons. The number of aromatic nitrogens is 1. The number of anilines is 1. The third-order valence-electron chi connectivity index (χ3n) is 3.55. The number of nitrogens with zero attached hydrogens (tertiary/aromatic N) is 2. The fraction of sp³-hybridized carbons (Fsp3) is 0. The van der Waals surface area contributed by atoms with Crippen LogP contribution in [-0.4, -0.2) is 23.0 Å². The summed E-state index contributed by atoms with van der Waals surface area (Å²) in [5.41, 5.74) is 4.23. The molecule has 2 N–H and O–H groups in total. The summed E-state index contributed by atoms with van der Waals surface area (Å²) in [6, 6.07) is 18.6. The van der Waals surface area contributed by atoms with E-state index in [2.05, 4.69) is 20.8 Å². The highest BCUT2D eigenvalue weighted by Gasteiger charge is 2.11. The van der Waals surface area contributed by atoms with Crippen molar-refractivity contribution in [1.29, 1.82) is 0 Å². The number of pyridine rings is 1. The molecule has 27 heavy (non-hydrogen) atoms. The zero-order valence-corrected chi connectivity index (χ0v) is 14.9. The molecule has 2 aromatic carbocycles. The van der Waals surface area contributed by atoms with E-state index in [1.165, 1.54) is 6.21 Å². The molecule has 0 saturated carbocycles. The van der Waals surface area contributed by atoms with E-state index in [0.717, 1.165) is 0 Å². The van der Waals surface area contributed by atoms with Gasteiger partial charge in [-0.2, -0.15) is 5.10 Å². The molecule has 134 valence electrons. The molecule has 6 nitrogen and oxygen atoms in total. The third kappa shape index (κ3) is 4.99. The van der Waals surface area contributed by atoms with Crippen molar-refractivity contribution in [3.05, 3.63) is 94.8 Å². The summed E-state index contributed by atoms with van der Waals surface area (Å²) in [7, 11) is 0. The Labute approximate surface area is 160 Å². The average molecular weight is 379 g/mol. The Bertz CT molecular complexity index is 990. The van der Waals surface area contributed by atoms with Gasteiger partial charge < -0.3 is 5.32 Å². The van der Waals surface area contributed by atoms with Gasteiger partial charge in [0.2, 0.25) is 0 Å². The number of rotatable bonds is 5. The summed E-state index contributed by atoms with van der Waals surface area (Å²) in [6.07, 6.45) is 3.08. The predicted molar refractivity (Wildman–Crippen MR) is 105 cm³/mol. The number of carbonyl (C=O) groups is 2. The Morgan fingerprint density at radius 2 is 1.78 bits per heavy atom. The fourth-order valence-electron chi connectivity index (χ4n) is 2.26. The van der Waals surface area contributed by atoms with Gasteiger partial charge in [0, 0.05) is 17.4 Å². The lowest BCUT2D eigenvalue weighted by molar-refractivity contribution is 0.0953. The van der Waals surface area contributed by atoms with Crippen molar-refractivity contribution in [3.8, 4) is 0 Å². The molecule has 0 saturated heterocycles. The van der Waals surface area contributed by atoms with Gasteiger partial charge in [-0.15, -0.1) is 0 Å². The number of hydrazone groups is 1. The van der Waals surface area contributed by atoms with Crippen LogP contribution in [0.3, 0.4) is 0 Å². The van der Waals surface area contributed by atoms with Gasteiger partial charge in [-0.05, 0) is 42.5 Å². The van der Waals surface area contributed by atoms with Crippen molar-refractivity contribution >= 4 is 35.3 Å². The summed E-state index contributed by atoms with van der Waals surface area (Å²) < 4.78 is 0. The largest absolute Gasteiger partial charge is 0.322 e. The number of amides is 2. The first kappa shape index (κ1) is 18.3. The Balaban J connectivity index is 1.66. The normalized spacial score (nSPS) is 10.6. The van der Waals surface area contributed by atoms with Crippen LogP contribution in [-0.2, 0) is 0 Å². The van der Waals surface area contributed by atoms with Crippen LogP contribution < -0.4 is 10.7 Å². The summed E-state index contributed by atoms with van der Waals surface area (Å²) in [6.45, 7) is 0. The van der Waals surface area contributed by atoms with Gasteiger partial charge in [-0.3, -0.25) is 14.6 Å². The summed E-state index contributed by atoms with van der Waals surface area (Å²) >= 11 is 6.03. The van der Waals surface area contributed by atoms with E-state index in [-0.39, 0.29) is 5.91 Å². The van der Waals surface area contributed by atoms with Crippen molar-refractivity contribution < 1.29 is 9.59 Å². The molecule has 1 aromatic heterocycles. The highest BCUT2D eigenvalue weighted by Crippen LogP contribution is 2.18. The van der Waals surface area contributed by atoms with Gasteiger partial charge in [-0.25, -0.2) is 5.43 Å². The molecule has 0 unspecified atom stereocenters. The van der Waals surface area contributed by atoms with Gasteiger partial charge in [0.15, 0.2) is 0 Å². The first-order valence-corrected chi connectivity index (χ1v) is 8.41. The molecule has 0 bridgehead atoms. The van der Waals surface area contributed by atoms with E-state index < -0.39 is 5.91 Å². The molecule has 7 heteroatoms. The molecule has 0 atom stereocenters. The second kappa shape index (κ2) is 8.73. The molecule has 0 spiro atoms. The monoisotopic (exact) mass is 378 g/mol. The van der Waals surface area contributed by atoms with Gasteiger partial charge in [0.05, 0.1) is 22.5 Å². The Morgan fingerprint density at radius 1 is 0.963 bits per heavy atom. The maximum absolute atomic E-state index is 12.3. The second-order valence-corrected chi connectivity index (χ2v) is 5.88. The topological polar surface area (TPSA) is 83.4 Å². The summed E-state index contributed by atoms with van der Waals surface area (Å²) in [5, 5.41) is 6.95. The van der Waals surface area contributed by atoms with Crippen LogP contribution in [0.25, 0.3) is 0 Å². The van der Waals surface area contributed by atoms with E-state index >= 15 is 0 Å². The van der Waals surface area contributed by atoms with Gasteiger partial charge in [0.25, 0.3) is 11.8 Å². The van der Waals surface area contributed by atoms with Gasteiger partial charge >= 0.3 is 0 Å². The minimum Gasteiger partial charge on any atom is -0.322 e. The van der Waals surface area contributed by atoms with Crippen molar-refractivity contribution in [2.45, 2.75) is 0 Å². The third-order valence-corrected chi connectivity index (χ3v) is 3.88. The molecule has 3 aromatic rings. The van der Waals surface area contributed by atoms with Crippen LogP contribution in [0.2, 0.25) is 5.02 Å². The number of carbonyl (C=O) groups excluding carboxylic acids is 2. The minimum atomic E-state index is -0.406. The molecular formula is C20H15ClN4O2. The van der Waals surface area contributed by atoms with E-state index in [0.29, 0.717) is 27.5 Å². The van der Waals surface area contributed by atoms with Crippen LogP contribution in [0.1, 0.15) is 26.4 Å². The molecule has 3 rings (SSSR count). The van der Waals surface area contributed by atoms with Crippen molar-refractivity contribution in [2.75, 3.05) is 5.32 Å². The van der Waals surface area contributed by atoms with E-state index in [1.54, 1.807) is 66.9 Å². The van der Waals surface area contributed by atoms with Crippen LogP contribution >= 0.6 is 11.6 Å². The Kier molecular flexibility index (Phi) is 5.91. The van der Waals surface area contributed by atoms with E-state index in [4.69, 9.17) is 11.6 Å². The summed E-state index contributed by atoms with van der Waals surface area (Å²) in [4.78, 5) is 28.6. The lowest BCUT2D eigenvalue weighted by atomic mass is 10.1. The van der Waals surface area contributed by atoms with Crippen LogP contribution in [0.4, 0.5) is 5.69 Å². The smallest absolute Gasteiger partial charge is 0.271 e. The van der Waals surface area contributed by atoms with E-state index in [9.17, 15) is 9.59 Å². The lowest BCUT2D eigenvalue weighted by Crippen LogP contribution is -2.18. The SMILES string of the molecule is O=C(N/N=C\c1ccccn1)c1cccc(NC(=O)c2ccccc2Cl)c1. The number of nitrogens with one attached hydrogen (secondary N) is 2. The van der Waals surface area contributed by atoms with Crippen LogP contribution in [0.5, 0.6) is 0 Å². The van der Waals surface area contributed by atoms with Crippen molar-refractivity contribution in [3.63, 3.8) is 0 Å². The number of hydrogen-bond acceptors (Lipinski definition) is 4. The second-order valence-electron chi connectivity index (χ2n) is 5.47. The van der Waals surface area contributed by atoms with Crippen molar-refractivity contribution in [2.24, 2.45) is 5.10 Å². The Hall–Kier alpha value is -3.51. The maximum atomic E-state index is 12.3.